The fourth-order valence-electron chi connectivity index (χ4n) is 3.61. The zero-order chi connectivity index (χ0) is 8.89. The van der Waals surface area contributed by atoms with Gasteiger partial charge >= 0.3 is 0 Å². The van der Waals surface area contributed by atoms with Gasteiger partial charge in [-0.3, -0.25) is 4.79 Å². The van der Waals surface area contributed by atoms with Crippen LogP contribution in [0.25, 0.3) is 0 Å². The second-order valence-corrected chi connectivity index (χ2v) is 5.00. The molecule has 0 heterocycles. The van der Waals surface area contributed by atoms with Crippen LogP contribution in [0.4, 0.5) is 0 Å². The first-order valence-electron chi connectivity index (χ1n) is 5.55. The molecule has 3 rings (SSSR count). The van der Waals surface area contributed by atoms with Crippen LogP contribution in [0.3, 0.4) is 0 Å². The molecule has 0 N–H and O–H groups in total. The maximum absolute atomic E-state index is 11.6. The minimum atomic E-state index is 0.404. The summed E-state index contributed by atoms with van der Waals surface area (Å²) in [5, 5.41) is 0. The van der Waals surface area contributed by atoms with Gasteiger partial charge in [-0.15, -0.1) is 0 Å². The Labute approximate surface area is 79.2 Å². The number of rotatable bonds is 0. The summed E-state index contributed by atoms with van der Waals surface area (Å²) < 4.78 is 0. The Morgan fingerprint density at radius 1 is 1.31 bits per heavy atom. The summed E-state index contributed by atoms with van der Waals surface area (Å²) in [6.07, 6.45) is 10.9. The Hall–Kier alpha value is -0.590. The highest BCUT2D eigenvalue weighted by Crippen LogP contribution is 2.56. The Morgan fingerprint density at radius 2 is 2.23 bits per heavy atom. The molecule has 1 heteroatoms. The third kappa shape index (κ3) is 0.962. The molecule has 0 unspecified atom stereocenters. The van der Waals surface area contributed by atoms with Crippen LogP contribution in [0.1, 0.15) is 44.9 Å². The van der Waals surface area contributed by atoms with E-state index in [1.807, 2.05) is 6.08 Å². The highest BCUT2D eigenvalue weighted by atomic mass is 16.1. The lowest BCUT2D eigenvalue weighted by Gasteiger charge is -2.38. The van der Waals surface area contributed by atoms with Gasteiger partial charge in [-0.1, -0.05) is 12.0 Å². The van der Waals surface area contributed by atoms with E-state index in [9.17, 15) is 4.79 Å². The third-order valence-corrected chi connectivity index (χ3v) is 4.36. The lowest BCUT2D eigenvalue weighted by atomic mass is 9.66. The highest BCUT2D eigenvalue weighted by molar-refractivity contribution is 5.94. The molecule has 13 heavy (non-hydrogen) atoms. The zero-order valence-electron chi connectivity index (χ0n) is 8.01. The summed E-state index contributed by atoms with van der Waals surface area (Å²) in [5.41, 5.74) is 2.02. The largest absolute Gasteiger partial charge is 0.295 e. The van der Waals surface area contributed by atoms with Crippen LogP contribution in [0, 0.1) is 11.3 Å². The number of carbonyl (C=O) groups excluding carboxylic acids is 1. The molecule has 70 valence electrons. The first-order valence-corrected chi connectivity index (χ1v) is 5.55. The molecule has 0 aromatic carbocycles. The number of hydrogen-bond donors (Lipinski definition) is 0. The summed E-state index contributed by atoms with van der Waals surface area (Å²) in [6, 6.07) is 0. The molecule has 1 spiro atoms. The number of allylic oxidation sites excluding steroid dienone is 2. The monoisotopic (exact) mass is 176 g/mol. The smallest absolute Gasteiger partial charge is 0.158 e. The van der Waals surface area contributed by atoms with E-state index in [1.54, 1.807) is 0 Å². The van der Waals surface area contributed by atoms with E-state index in [0.29, 0.717) is 17.1 Å². The Bertz CT molecular complexity index is 285. The summed E-state index contributed by atoms with van der Waals surface area (Å²) in [4.78, 5) is 11.6. The molecule has 2 saturated carbocycles. The minimum Gasteiger partial charge on any atom is -0.295 e. The van der Waals surface area contributed by atoms with Crippen molar-refractivity contribution < 1.29 is 4.79 Å². The van der Waals surface area contributed by atoms with Gasteiger partial charge in [0.25, 0.3) is 0 Å². The molecule has 0 aliphatic heterocycles. The van der Waals surface area contributed by atoms with Gasteiger partial charge in [0, 0.05) is 5.92 Å². The molecule has 0 aromatic heterocycles. The summed E-state index contributed by atoms with van der Waals surface area (Å²) >= 11 is 0. The standard InChI is InChI=1S/C12H16O/c13-11-7-10-3-1-2-5-12(10)6-4-9(11)8-12/h7,9H,1-6,8H2/t9-,12+/m0/s1. The summed E-state index contributed by atoms with van der Waals surface area (Å²) in [6.45, 7) is 0. The predicted molar refractivity (Wildman–Crippen MR) is 51.3 cm³/mol. The van der Waals surface area contributed by atoms with Crippen molar-refractivity contribution in [3.05, 3.63) is 11.6 Å². The average molecular weight is 176 g/mol. The number of carbonyl (C=O) groups is 1. The van der Waals surface area contributed by atoms with E-state index >= 15 is 0 Å². The quantitative estimate of drug-likeness (QED) is 0.554. The molecule has 0 aromatic rings. The molecular weight excluding hydrogens is 160 g/mol. The summed E-state index contributed by atoms with van der Waals surface area (Å²) in [5.74, 6) is 0.840. The minimum absolute atomic E-state index is 0.404. The summed E-state index contributed by atoms with van der Waals surface area (Å²) in [7, 11) is 0. The van der Waals surface area contributed by atoms with Crippen LogP contribution in [-0.4, -0.2) is 5.78 Å². The maximum Gasteiger partial charge on any atom is 0.158 e. The van der Waals surface area contributed by atoms with Crippen LogP contribution < -0.4 is 0 Å². The Morgan fingerprint density at radius 3 is 3.15 bits per heavy atom. The molecule has 0 amide bonds. The molecule has 2 bridgehead atoms. The first-order chi connectivity index (χ1) is 6.30. The molecule has 3 aliphatic rings. The van der Waals surface area contributed by atoms with Crippen LogP contribution >= 0.6 is 0 Å². The maximum atomic E-state index is 11.6. The molecule has 3 aliphatic carbocycles. The lowest BCUT2D eigenvalue weighted by molar-refractivity contribution is -0.118. The van der Waals surface area contributed by atoms with Crippen molar-refractivity contribution in [3.63, 3.8) is 0 Å². The Kier molecular flexibility index (Phi) is 1.47. The van der Waals surface area contributed by atoms with Crippen molar-refractivity contribution in [2.24, 2.45) is 11.3 Å². The SMILES string of the molecule is O=C1C=C2CCCC[C@]23CC[C@H]1C3. The van der Waals surface area contributed by atoms with Crippen LogP contribution in [-0.2, 0) is 4.79 Å². The van der Waals surface area contributed by atoms with Gasteiger partial charge in [0.15, 0.2) is 5.78 Å². The van der Waals surface area contributed by atoms with Gasteiger partial charge in [0.05, 0.1) is 0 Å². The van der Waals surface area contributed by atoms with Crippen molar-refractivity contribution in [2.45, 2.75) is 44.9 Å². The molecular formula is C12H16O. The van der Waals surface area contributed by atoms with E-state index in [4.69, 9.17) is 0 Å². The second kappa shape index (κ2) is 2.46. The molecule has 2 fully saturated rings. The van der Waals surface area contributed by atoms with Gasteiger partial charge < -0.3 is 0 Å². The normalized spacial score (nSPS) is 42.9. The molecule has 0 saturated heterocycles. The average Bonchev–Trinajstić information content (AvgIpc) is 2.50. The van der Waals surface area contributed by atoms with E-state index < -0.39 is 0 Å². The van der Waals surface area contributed by atoms with Gasteiger partial charge in [-0.05, 0) is 50.0 Å². The highest BCUT2D eigenvalue weighted by Gasteiger charge is 2.47. The van der Waals surface area contributed by atoms with Crippen LogP contribution in [0.5, 0.6) is 0 Å². The van der Waals surface area contributed by atoms with Crippen molar-refractivity contribution >= 4 is 5.78 Å². The Balaban J connectivity index is 2.05. The molecule has 1 nitrogen and oxygen atoms in total. The fourth-order valence-corrected chi connectivity index (χ4v) is 3.61. The van der Waals surface area contributed by atoms with Gasteiger partial charge in [-0.25, -0.2) is 0 Å². The number of fused-ring (bicyclic) bond motifs is 1. The molecule has 0 radical (unpaired) electrons. The van der Waals surface area contributed by atoms with E-state index in [-0.39, 0.29) is 0 Å². The van der Waals surface area contributed by atoms with Crippen LogP contribution in [0.2, 0.25) is 0 Å². The van der Waals surface area contributed by atoms with E-state index in [0.717, 1.165) is 0 Å². The predicted octanol–water partition coefficient (Wildman–Crippen LogP) is 2.86. The second-order valence-electron chi connectivity index (χ2n) is 5.00. The third-order valence-electron chi connectivity index (χ3n) is 4.36. The zero-order valence-corrected chi connectivity index (χ0v) is 8.01. The first kappa shape index (κ1) is 7.78. The van der Waals surface area contributed by atoms with Gasteiger partial charge in [0.2, 0.25) is 0 Å². The van der Waals surface area contributed by atoms with Crippen LogP contribution in [0.15, 0.2) is 11.6 Å². The van der Waals surface area contributed by atoms with Crippen molar-refractivity contribution in [1.29, 1.82) is 0 Å². The van der Waals surface area contributed by atoms with Gasteiger partial charge in [-0.2, -0.15) is 0 Å². The van der Waals surface area contributed by atoms with Gasteiger partial charge in [0.1, 0.15) is 0 Å². The molecule has 2 atom stereocenters. The fraction of sp³-hybridized carbons (Fsp3) is 0.750. The van der Waals surface area contributed by atoms with E-state index in [2.05, 4.69) is 0 Å². The number of hydrogen-bond acceptors (Lipinski definition) is 1. The van der Waals surface area contributed by atoms with Crippen molar-refractivity contribution in [3.8, 4) is 0 Å². The number of ketones is 1. The van der Waals surface area contributed by atoms with Crippen molar-refractivity contribution in [2.75, 3.05) is 0 Å². The lowest BCUT2D eigenvalue weighted by Crippen LogP contribution is -2.29. The van der Waals surface area contributed by atoms with Crippen molar-refractivity contribution in [1.82, 2.24) is 0 Å². The van der Waals surface area contributed by atoms with E-state index in [1.165, 1.54) is 50.5 Å². The topological polar surface area (TPSA) is 17.1 Å².